The van der Waals surface area contributed by atoms with E-state index in [-0.39, 0.29) is 11.8 Å². The van der Waals surface area contributed by atoms with Gasteiger partial charge in [-0.2, -0.15) is 0 Å². The number of benzene rings is 5. The van der Waals surface area contributed by atoms with E-state index in [0.717, 1.165) is 26.9 Å². The molecular formula is C35H26BrN3O2. The summed E-state index contributed by atoms with van der Waals surface area (Å²) in [6.07, 6.45) is 0. The van der Waals surface area contributed by atoms with Gasteiger partial charge in [0.1, 0.15) is 6.04 Å². The van der Waals surface area contributed by atoms with Crippen molar-refractivity contribution in [3.63, 3.8) is 0 Å². The minimum Gasteiger partial charge on any atom is -0.350 e. The lowest BCUT2D eigenvalue weighted by molar-refractivity contribution is -0.122. The number of amides is 2. The Morgan fingerprint density at radius 1 is 0.732 bits per heavy atom. The SMILES string of the molecule is O=C(NCc1ccccc1)C(c1ccc(Br)cc1)N1C(=O)c2ccccc2N=C(c2ccccc2)c2ccccc21. The van der Waals surface area contributed by atoms with Crippen molar-refractivity contribution < 1.29 is 9.59 Å². The van der Waals surface area contributed by atoms with Crippen LogP contribution in [-0.4, -0.2) is 17.5 Å². The summed E-state index contributed by atoms with van der Waals surface area (Å²) >= 11 is 3.51. The number of hydrogen-bond donors (Lipinski definition) is 1. The third kappa shape index (κ3) is 5.47. The molecule has 1 aliphatic rings. The van der Waals surface area contributed by atoms with Crippen LogP contribution in [0.2, 0.25) is 0 Å². The lowest BCUT2D eigenvalue weighted by atomic mass is 9.94. The fourth-order valence-electron chi connectivity index (χ4n) is 5.07. The molecule has 1 N–H and O–H groups in total. The van der Waals surface area contributed by atoms with Gasteiger partial charge in [0.25, 0.3) is 5.91 Å². The van der Waals surface area contributed by atoms with Crippen molar-refractivity contribution in [2.75, 3.05) is 4.90 Å². The summed E-state index contributed by atoms with van der Waals surface area (Å²) in [5, 5.41) is 3.09. The van der Waals surface area contributed by atoms with E-state index in [1.165, 1.54) is 0 Å². The van der Waals surface area contributed by atoms with E-state index in [1.807, 2.05) is 127 Å². The summed E-state index contributed by atoms with van der Waals surface area (Å²) in [4.78, 5) is 35.3. The van der Waals surface area contributed by atoms with E-state index in [2.05, 4.69) is 21.2 Å². The van der Waals surface area contributed by atoms with Crippen molar-refractivity contribution in [1.82, 2.24) is 5.32 Å². The van der Waals surface area contributed by atoms with Gasteiger partial charge in [0.2, 0.25) is 5.91 Å². The Morgan fingerprint density at radius 3 is 2.07 bits per heavy atom. The monoisotopic (exact) mass is 599 g/mol. The summed E-state index contributed by atoms with van der Waals surface area (Å²) in [6.45, 7) is 0.337. The molecule has 1 aliphatic heterocycles. The van der Waals surface area contributed by atoms with Gasteiger partial charge in [-0.15, -0.1) is 0 Å². The average Bonchev–Trinajstić information content (AvgIpc) is 3.02. The topological polar surface area (TPSA) is 61.8 Å². The van der Waals surface area contributed by atoms with Crippen LogP contribution in [0.3, 0.4) is 0 Å². The zero-order chi connectivity index (χ0) is 28.2. The Bertz CT molecular complexity index is 1740. The van der Waals surface area contributed by atoms with Gasteiger partial charge in [-0.25, -0.2) is 4.99 Å². The first-order valence-electron chi connectivity index (χ1n) is 13.3. The van der Waals surface area contributed by atoms with Crippen molar-refractivity contribution >= 4 is 44.8 Å². The molecule has 0 spiro atoms. The van der Waals surface area contributed by atoms with Gasteiger partial charge in [-0.05, 0) is 41.5 Å². The van der Waals surface area contributed by atoms with Crippen LogP contribution >= 0.6 is 15.9 Å². The second-order valence-electron chi connectivity index (χ2n) is 9.69. The molecule has 1 unspecified atom stereocenters. The number of nitrogens with one attached hydrogen (secondary N) is 1. The van der Waals surface area contributed by atoms with E-state index in [4.69, 9.17) is 4.99 Å². The molecule has 1 atom stereocenters. The lowest BCUT2D eigenvalue weighted by Crippen LogP contribution is -2.44. The molecule has 5 nitrogen and oxygen atoms in total. The molecule has 2 amide bonds. The van der Waals surface area contributed by atoms with Crippen LogP contribution in [0.1, 0.15) is 38.7 Å². The molecule has 41 heavy (non-hydrogen) atoms. The second-order valence-corrected chi connectivity index (χ2v) is 10.6. The smallest absolute Gasteiger partial charge is 0.261 e. The van der Waals surface area contributed by atoms with Crippen LogP contribution < -0.4 is 10.2 Å². The van der Waals surface area contributed by atoms with Crippen LogP contribution in [0.15, 0.2) is 143 Å². The highest BCUT2D eigenvalue weighted by Crippen LogP contribution is 2.38. The number of anilines is 1. The predicted molar refractivity (Wildman–Crippen MR) is 167 cm³/mol. The number of rotatable bonds is 6. The van der Waals surface area contributed by atoms with Crippen LogP contribution in [0.4, 0.5) is 11.4 Å². The zero-order valence-electron chi connectivity index (χ0n) is 22.1. The highest BCUT2D eigenvalue weighted by Gasteiger charge is 2.37. The molecule has 5 aromatic carbocycles. The zero-order valence-corrected chi connectivity index (χ0v) is 23.7. The summed E-state index contributed by atoms with van der Waals surface area (Å²) in [5.74, 6) is -0.581. The first-order chi connectivity index (χ1) is 20.1. The number of halogens is 1. The van der Waals surface area contributed by atoms with Gasteiger partial charge in [-0.1, -0.05) is 119 Å². The van der Waals surface area contributed by atoms with E-state index in [0.29, 0.717) is 29.0 Å². The summed E-state index contributed by atoms with van der Waals surface area (Å²) in [6, 6.07) is 41.2. The minimum atomic E-state index is -0.941. The van der Waals surface area contributed by atoms with Gasteiger partial charge >= 0.3 is 0 Å². The summed E-state index contributed by atoms with van der Waals surface area (Å²) < 4.78 is 0.882. The highest BCUT2D eigenvalue weighted by molar-refractivity contribution is 9.10. The number of carbonyl (C=O) groups is 2. The molecule has 0 radical (unpaired) electrons. The molecule has 0 saturated carbocycles. The maximum Gasteiger partial charge on any atom is 0.261 e. The third-order valence-corrected chi connectivity index (χ3v) is 7.58. The van der Waals surface area contributed by atoms with Crippen LogP contribution in [0, 0.1) is 0 Å². The maximum absolute atomic E-state index is 14.5. The van der Waals surface area contributed by atoms with Gasteiger partial charge in [0.05, 0.1) is 22.6 Å². The molecule has 0 fully saturated rings. The first kappa shape index (κ1) is 26.4. The molecular weight excluding hydrogens is 574 g/mol. The third-order valence-electron chi connectivity index (χ3n) is 7.05. The van der Waals surface area contributed by atoms with E-state index < -0.39 is 6.04 Å². The largest absolute Gasteiger partial charge is 0.350 e. The predicted octanol–water partition coefficient (Wildman–Crippen LogP) is 7.64. The molecule has 0 bridgehead atoms. The molecule has 0 aliphatic carbocycles. The normalized spacial score (nSPS) is 13.2. The second kappa shape index (κ2) is 11.7. The Morgan fingerprint density at radius 2 is 1.34 bits per heavy atom. The fourth-order valence-corrected chi connectivity index (χ4v) is 5.34. The quantitative estimate of drug-likeness (QED) is 0.218. The number of hydrogen-bond acceptors (Lipinski definition) is 3. The van der Waals surface area contributed by atoms with Crippen molar-refractivity contribution in [3.05, 3.63) is 166 Å². The van der Waals surface area contributed by atoms with E-state index >= 15 is 0 Å². The van der Waals surface area contributed by atoms with Gasteiger partial charge < -0.3 is 5.32 Å². The van der Waals surface area contributed by atoms with Crippen LogP contribution in [-0.2, 0) is 11.3 Å². The number of para-hydroxylation sites is 2. The van der Waals surface area contributed by atoms with Crippen molar-refractivity contribution in [2.24, 2.45) is 4.99 Å². The molecule has 6 rings (SSSR count). The van der Waals surface area contributed by atoms with Gasteiger partial charge in [-0.3, -0.25) is 14.5 Å². The standard InChI is InChI=1S/C35H26BrN3O2/c36-27-21-19-26(20-22-27)33(34(40)37-23-24-11-3-1-4-12-24)39-31-18-10-8-16-29(31)32(25-13-5-2-6-14-25)38-30-17-9-7-15-28(30)35(39)41/h1-22,33H,23H2,(H,37,40). The van der Waals surface area contributed by atoms with Gasteiger partial charge in [0, 0.05) is 22.1 Å². The fraction of sp³-hybridized carbons (Fsp3) is 0.0571. The van der Waals surface area contributed by atoms with E-state index in [9.17, 15) is 9.59 Å². The first-order valence-corrected chi connectivity index (χ1v) is 14.1. The molecule has 200 valence electrons. The summed E-state index contributed by atoms with van der Waals surface area (Å²) in [7, 11) is 0. The number of nitrogens with zero attached hydrogens (tertiary/aromatic N) is 2. The van der Waals surface area contributed by atoms with Crippen molar-refractivity contribution in [3.8, 4) is 0 Å². The molecule has 0 saturated heterocycles. The summed E-state index contributed by atoms with van der Waals surface area (Å²) in [5.41, 5.74) is 5.65. The molecule has 5 aromatic rings. The number of aliphatic imine (C=N–C) groups is 1. The van der Waals surface area contributed by atoms with Crippen LogP contribution in [0.25, 0.3) is 0 Å². The van der Waals surface area contributed by atoms with Crippen molar-refractivity contribution in [1.29, 1.82) is 0 Å². The Kier molecular flexibility index (Phi) is 7.56. The molecule has 0 aromatic heterocycles. The molecule has 1 heterocycles. The Labute approximate surface area is 247 Å². The van der Waals surface area contributed by atoms with Crippen molar-refractivity contribution in [2.45, 2.75) is 12.6 Å². The Hall–Kier alpha value is -4.81. The average molecular weight is 601 g/mol. The maximum atomic E-state index is 14.5. The minimum absolute atomic E-state index is 0.282. The molecule has 6 heteroatoms. The van der Waals surface area contributed by atoms with E-state index in [1.54, 1.807) is 11.0 Å². The van der Waals surface area contributed by atoms with Crippen LogP contribution in [0.5, 0.6) is 0 Å². The lowest BCUT2D eigenvalue weighted by Gasteiger charge is -2.34. The van der Waals surface area contributed by atoms with Gasteiger partial charge in [0.15, 0.2) is 0 Å². The highest BCUT2D eigenvalue weighted by atomic mass is 79.9. The number of fused-ring (bicyclic) bond motifs is 2. The number of carbonyl (C=O) groups excluding carboxylic acids is 2. The Balaban J connectivity index is 1.55.